The number of hydrogen-bond acceptors (Lipinski definition) is 2. The minimum atomic E-state index is 0.268. The van der Waals surface area contributed by atoms with Gasteiger partial charge in [0.25, 0.3) is 0 Å². The molecule has 1 aromatic rings. The lowest BCUT2D eigenvalue weighted by molar-refractivity contribution is 0.0632. The van der Waals surface area contributed by atoms with Gasteiger partial charge in [0.15, 0.2) is 0 Å². The molecule has 0 aromatic carbocycles. The van der Waals surface area contributed by atoms with Gasteiger partial charge in [-0.2, -0.15) is 0 Å². The molecule has 0 saturated heterocycles. The normalized spacial score (nSPS) is 18.5. The predicted octanol–water partition coefficient (Wildman–Crippen LogP) is 3.45. The lowest BCUT2D eigenvalue weighted by Gasteiger charge is -2.37. The van der Waals surface area contributed by atoms with Crippen LogP contribution in [0.5, 0.6) is 0 Å². The van der Waals surface area contributed by atoms with Crippen molar-refractivity contribution in [2.75, 3.05) is 0 Å². The minimum Gasteiger partial charge on any atom is -0.373 e. The van der Waals surface area contributed by atoms with Crippen LogP contribution in [-0.2, 0) is 16.8 Å². The highest BCUT2D eigenvalue weighted by molar-refractivity contribution is 5.21. The second-order valence-electron chi connectivity index (χ2n) is 5.29. The minimum absolute atomic E-state index is 0.268. The largest absolute Gasteiger partial charge is 0.373 e. The van der Waals surface area contributed by atoms with Gasteiger partial charge in [0.2, 0.25) is 0 Å². The van der Waals surface area contributed by atoms with E-state index >= 15 is 0 Å². The Morgan fingerprint density at radius 3 is 2.69 bits per heavy atom. The van der Waals surface area contributed by atoms with Crippen molar-refractivity contribution in [1.29, 1.82) is 0 Å². The first-order valence-electron chi connectivity index (χ1n) is 6.18. The van der Waals surface area contributed by atoms with Gasteiger partial charge in [0.1, 0.15) is 0 Å². The first-order valence-corrected chi connectivity index (χ1v) is 6.18. The van der Waals surface area contributed by atoms with Crippen LogP contribution in [0.2, 0.25) is 0 Å². The predicted molar refractivity (Wildman–Crippen MR) is 65.4 cm³/mol. The Morgan fingerprint density at radius 2 is 2.12 bits per heavy atom. The van der Waals surface area contributed by atoms with Crippen molar-refractivity contribution in [3.63, 3.8) is 0 Å². The summed E-state index contributed by atoms with van der Waals surface area (Å²) in [5.41, 5.74) is 2.62. The summed E-state index contributed by atoms with van der Waals surface area (Å²) in [6.45, 7) is 7.04. The zero-order valence-corrected chi connectivity index (χ0v) is 10.5. The molecule has 1 heterocycles. The molecule has 2 nitrogen and oxygen atoms in total. The fourth-order valence-corrected chi connectivity index (χ4v) is 2.11. The van der Waals surface area contributed by atoms with Crippen LogP contribution in [0.15, 0.2) is 18.2 Å². The smallest absolute Gasteiger partial charge is 0.0891 e. The van der Waals surface area contributed by atoms with Crippen LogP contribution < -0.4 is 0 Å². The van der Waals surface area contributed by atoms with Crippen LogP contribution in [0.4, 0.5) is 0 Å². The van der Waals surface area contributed by atoms with Crippen LogP contribution >= 0.6 is 0 Å². The Kier molecular flexibility index (Phi) is 3.29. The Labute approximate surface area is 98.0 Å². The van der Waals surface area contributed by atoms with Gasteiger partial charge in [-0.25, -0.2) is 0 Å². The van der Waals surface area contributed by atoms with Gasteiger partial charge in [-0.15, -0.1) is 0 Å². The van der Waals surface area contributed by atoms with Crippen molar-refractivity contribution in [2.45, 2.75) is 58.2 Å². The average Bonchev–Trinajstić information content (AvgIpc) is 2.23. The average molecular weight is 219 g/mol. The van der Waals surface area contributed by atoms with Gasteiger partial charge in [-0.05, 0) is 38.8 Å². The van der Waals surface area contributed by atoms with E-state index in [1.165, 1.54) is 25.0 Å². The Morgan fingerprint density at radius 1 is 1.38 bits per heavy atom. The molecule has 0 radical (unpaired) electrons. The quantitative estimate of drug-likeness (QED) is 0.773. The molecule has 1 saturated carbocycles. The van der Waals surface area contributed by atoms with E-state index in [1.807, 2.05) is 6.07 Å². The fraction of sp³-hybridized carbons (Fsp3) is 0.643. The van der Waals surface area contributed by atoms with Crippen LogP contribution in [0.1, 0.15) is 51.4 Å². The molecule has 1 fully saturated rings. The second-order valence-corrected chi connectivity index (χ2v) is 5.29. The van der Waals surface area contributed by atoms with Gasteiger partial charge < -0.3 is 4.74 Å². The van der Waals surface area contributed by atoms with Crippen LogP contribution in [0.3, 0.4) is 0 Å². The number of rotatable bonds is 4. The van der Waals surface area contributed by atoms with E-state index in [-0.39, 0.29) is 6.10 Å². The third-order valence-corrected chi connectivity index (χ3v) is 3.45. The van der Waals surface area contributed by atoms with Gasteiger partial charge in [0.05, 0.1) is 18.4 Å². The number of nitrogens with zero attached hydrogens (tertiary/aromatic N) is 1. The summed E-state index contributed by atoms with van der Waals surface area (Å²) in [5, 5.41) is 0. The van der Waals surface area contributed by atoms with Crippen molar-refractivity contribution in [3.8, 4) is 0 Å². The molecule has 1 aliphatic carbocycles. The lowest BCUT2D eigenvalue weighted by atomic mass is 9.68. The number of hydrogen-bond donors (Lipinski definition) is 0. The monoisotopic (exact) mass is 219 g/mol. The van der Waals surface area contributed by atoms with Crippen LogP contribution in [-0.4, -0.2) is 11.1 Å². The summed E-state index contributed by atoms with van der Waals surface area (Å²) in [4.78, 5) is 4.71. The van der Waals surface area contributed by atoms with Gasteiger partial charge in [-0.1, -0.05) is 19.4 Å². The molecule has 0 spiro atoms. The first kappa shape index (κ1) is 11.6. The molecule has 1 aromatic heterocycles. The van der Waals surface area contributed by atoms with Crippen LogP contribution in [0.25, 0.3) is 0 Å². The van der Waals surface area contributed by atoms with E-state index in [0.29, 0.717) is 12.0 Å². The second kappa shape index (κ2) is 4.54. The Bertz CT molecular complexity index is 356. The molecule has 16 heavy (non-hydrogen) atoms. The maximum absolute atomic E-state index is 5.58. The number of ether oxygens (including phenoxy) is 1. The first-order chi connectivity index (χ1) is 7.60. The molecule has 2 rings (SSSR count). The SMILES string of the molecule is CC(C)OCc1cccc(C2(C)CCC2)n1. The topological polar surface area (TPSA) is 22.1 Å². The Balaban J connectivity index is 2.07. The van der Waals surface area contributed by atoms with E-state index in [9.17, 15) is 0 Å². The van der Waals surface area contributed by atoms with Gasteiger partial charge in [0, 0.05) is 11.1 Å². The number of aromatic nitrogens is 1. The van der Waals surface area contributed by atoms with Crippen molar-refractivity contribution in [3.05, 3.63) is 29.6 Å². The van der Waals surface area contributed by atoms with Crippen molar-refractivity contribution in [1.82, 2.24) is 4.98 Å². The molecule has 0 atom stereocenters. The molecule has 0 aliphatic heterocycles. The van der Waals surface area contributed by atoms with Crippen molar-refractivity contribution < 1.29 is 4.74 Å². The van der Waals surface area contributed by atoms with Crippen molar-refractivity contribution >= 4 is 0 Å². The maximum Gasteiger partial charge on any atom is 0.0891 e. The molecular formula is C14H21NO. The van der Waals surface area contributed by atoms with Gasteiger partial charge >= 0.3 is 0 Å². The molecule has 1 aliphatic rings. The third kappa shape index (κ3) is 2.43. The summed E-state index contributed by atoms with van der Waals surface area (Å²) in [7, 11) is 0. The molecule has 0 N–H and O–H groups in total. The highest BCUT2D eigenvalue weighted by Gasteiger charge is 2.34. The van der Waals surface area contributed by atoms with E-state index in [1.54, 1.807) is 0 Å². The molecule has 0 amide bonds. The number of pyridine rings is 1. The fourth-order valence-electron chi connectivity index (χ4n) is 2.11. The summed E-state index contributed by atoms with van der Waals surface area (Å²) in [5.74, 6) is 0. The standard InChI is InChI=1S/C14H21NO/c1-11(2)16-10-12-6-4-7-13(15-12)14(3)8-5-9-14/h4,6-7,11H,5,8-10H2,1-3H3. The van der Waals surface area contributed by atoms with E-state index < -0.39 is 0 Å². The summed E-state index contributed by atoms with van der Waals surface area (Å²) in [6.07, 6.45) is 4.15. The Hall–Kier alpha value is -0.890. The zero-order valence-electron chi connectivity index (χ0n) is 10.5. The van der Waals surface area contributed by atoms with E-state index in [2.05, 4.69) is 32.9 Å². The zero-order chi connectivity index (χ0) is 11.6. The van der Waals surface area contributed by atoms with E-state index in [0.717, 1.165) is 5.69 Å². The van der Waals surface area contributed by atoms with Crippen molar-refractivity contribution in [2.24, 2.45) is 0 Å². The van der Waals surface area contributed by atoms with E-state index in [4.69, 9.17) is 9.72 Å². The molecule has 0 bridgehead atoms. The lowest BCUT2D eigenvalue weighted by Crippen LogP contribution is -2.31. The molecule has 0 unspecified atom stereocenters. The summed E-state index contributed by atoms with van der Waals surface area (Å²) < 4.78 is 5.58. The maximum atomic E-state index is 5.58. The summed E-state index contributed by atoms with van der Waals surface area (Å²) in [6, 6.07) is 6.30. The third-order valence-electron chi connectivity index (χ3n) is 3.45. The highest BCUT2D eigenvalue weighted by atomic mass is 16.5. The molecular weight excluding hydrogens is 198 g/mol. The van der Waals surface area contributed by atoms with Crippen LogP contribution in [0, 0.1) is 0 Å². The van der Waals surface area contributed by atoms with Gasteiger partial charge in [-0.3, -0.25) is 4.98 Å². The summed E-state index contributed by atoms with van der Waals surface area (Å²) >= 11 is 0. The molecule has 2 heteroatoms. The molecule has 88 valence electrons. The highest BCUT2D eigenvalue weighted by Crippen LogP contribution is 2.42.